The van der Waals surface area contributed by atoms with Crippen LogP contribution in [-0.2, 0) is 0 Å². The number of methoxy groups -OCH3 is 2. The summed E-state index contributed by atoms with van der Waals surface area (Å²) in [6.07, 6.45) is 0. The number of benzene rings is 2. The van der Waals surface area contributed by atoms with Crippen LogP contribution in [0.4, 0.5) is 15.2 Å². The molecule has 0 aliphatic carbocycles. The van der Waals surface area contributed by atoms with Crippen molar-refractivity contribution >= 4 is 28.1 Å². The van der Waals surface area contributed by atoms with E-state index in [1.165, 1.54) is 32.5 Å². The smallest absolute Gasteiger partial charge is 0.276 e. The van der Waals surface area contributed by atoms with E-state index in [0.717, 1.165) is 22.6 Å². The normalized spacial score (nSPS) is 10.6. The molecule has 3 aromatic rings. The van der Waals surface area contributed by atoms with E-state index in [2.05, 4.69) is 10.3 Å². The van der Waals surface area contributed by atoms with Crippen molar-refractivity contribution in [1.29, 1.82) is 0 Å². The van der Waals surface area contributed by atoms with Crippen molar-refractivity contribution in [3.8, 4) is 22.8 Å². The minimum absolute atomic E-state index is 0.127. The van der Waals surface area contributed by atoms with Gasteiger partial charge in [-0.2, -0.15) is 0 Å². The zero-order valence-electron chi connectivity index (χ0n) is 16.6. The van der Waals surface area contributed by atoms with Crippen LogP contribution in [0, 0.1) is 29.8 Å². The number of aromatic nitrogens is 1. The largest absolute Gasteiger partial charge is 0.493 e. The molecule has 0 bridgehead atoms. The van der Waals surface area contributed by atoms with Gasteiger partial charge in [-0.1, -0.05) is 0 Å². The molecule has 1 amide bonds. The van der Waals surface area contributed by atoms with Crippen molar-refractivity contribution in [2.75, 3.05) is 19.5 Å². The molecule has 0 radical (unpaired) electrons. The molecule has 30 heavy (non-hydrogen) atoms. The van der Waals surface area contributed by atoms with Crippen molar-refractivity contribution < 1.29 is 23.6 Å². The lowest BCUT2D eigenvalue weighted by Crippen LogP contribution is -2.13. The van der Waals surface area contributed by atoms with Gasteiger partial charge in [-0.25, -0.2) is 9.37 Å². The molecule has 0 saturated heterocycles. The summed E-state index contributed by atoms with van der Waals surface area (Å²) in [4.78, 5) is 28.2. The van der Waals surface area contributed by atoms with Crippen LogP contribution < -0.4 is 14.8 Å². The number of ether oxygens (including phenoxy) is 2. The number of anilines is 1. The highest BCUT2D eigenvalue weighted by atomic mass is 32.1. The van der Waals surface area contributed by atoms with Gasteiger partial charge in [0.15, 0.2) is 16.6 Å². The van der Waals surface area contributed by atoms with Crippen LogP contribution in [0.3, 0.4) is 0 Å². The summed E-state index contributed by atoms with van der Waals surface area (Å²) < 4.78 is 24.5. The van der Waals surface area contributed by atoms with Crippen LogP contribution in [0.2, 0.25) is 0 Å². The van der Waals surface area contributed by atoms with E-state index in [0.29, 0.717) is 17.2 Å². The van der Waals surface area contributed by atoms with E-state index >= 15 is 0 Å². The highest BCUT2D eigenvalue weighted by molar-refractivity contribution is 7.16. The van der Waals surface area contributed by atoms with Crippen molar-refractivity contribution in [2.24, 2.45) is 0 Å². The molecule has 0 atom stereocenters. The van der Waals surface area contributed by atoms with Gasteiger partial charge in [-0.15, -0.1) is 11.3 Å². The lowest BCUT2D eigenvalue weighted by atomic mass is 10.1. The first-order valence-electron chi connectivity index (χ1n) is 8.70. The number of carbonyl (C=O) groups is 1. The minimum Gasteiger partial charge on any atom is -0.493 e. The number of amides is 1. The maximum atomic E-state index is 14.0. The van der Waals surface area contributed by atoms with Gasteiger partial charge in [-0.3, -0.25) is 20.2 Å². The number of halogens is 1. The summed E-state index contributed by atoms with van der Waals surface area (Å²) in [6.45, 7) is 3.13. The number of nitrogens with zero attached hydrogens (tertiary/aromatic N) is 2. The van der Waals surface area contributed by atoms with Gasteiger partial charge in [0.25, 0.3) is 11.6 Å². The van der Waals surface area contributed by atoms with E-state index < -0.39 is 22.3 Å². The van der Waals surface area contributed by atoms with E-state index in [9.17, 15) is 19.3 Å². The van der Waals surface area contributed by atoms with Gasteiger partial charge in [0.05, 0.1) is 30.4 Å². The van der Waals surface area contributed by atoms with Gasteiger partial charge in [0.1, 0.15) is 5.82 Å². The predicted octanol–water partition coefficient (Wildman–Crippen LogP) is 4.74. The Balaban J connectivity index is 1.90. The van der Waals surface area contributed by atoms with Crippen LogP contribution in [0.15, 0.2) is 30.3 Å². The first-order valence-corrected chi connectivity index (χ1v) is 9.52. The third kappa shape index (κ3) is 4.08. The zero-order chi connectivity index (χ0) is 22.0. The van der Waals surface area contributed by atoms with Gasteiger partial charge >= 0.3 is 0 Å². The van der Waals surface area contributed by atoms with E-state index in [4.69, 9.17) is 9.47 Å². The second-order valence-electron chi connectivity index (χ2n) is 6.31. The molecule has 0 fully saturated rings. The second kappa shape index (κ2) is 8.46. The summed E-state index contributed by atoms with van der Waals surface area (Å²) in [5.41, 5.74) is 0.653. The second-order valence-corrected chi connectivity index (χ2v) is 7.51. The molecule has 156 valence electrons. The Kier molecular flexibility index (Phi) is 5.97. The lowest BCUT2D eigenvalue weighted by Gasteiger charge is -2.08. The Morgan fingerprint density at radius 2 is 1.87 bits per heavy atom. The first-order chi connectivity index (χ1) is 14.2. The third-order valence-electron chi connectivity index (χ3n) is 4.45. The summed E-state index contributed by atoms with van der Waals surface area (Å²) in [5, 5.41) is 13.9. The third-order valence-corrected chi connectivity index (χ3v) is 5.34. The lowest BCUT2D eigenvalue weighted by molar-refractivity contribution is -0.385. The number of hydrogen-bond acceptors (Lipinski definition) is 7. The standard InChI is InChI=1S/C20H18FN3O5S/c1-10-14(21)7-13(8-15(10)24(26)27)19(25)23-20-22-18(11(2)30-20)12-5-6-16(28-3)17(9-12)29-4/h5-9H,1-4H3,(H,22,23,25). The average Bonchev–Trinajstić information content (AvgIpc) is 3.08. The Labute approximate surface area is 175 Å². The summed E-state index contributed by atoms with van der Waals surface area (Å²) in [6, 6.07) is 7.34. The molecule has 0 aliphatic rings. The fourth-order valence-electron chi connectivity index (χ4n) is 2.86. The SMILES string of the molecule is COc1ccc(-c2nc(NC(=O)c3cc(F)c(C)c([N+](=O)[O-])c3)sc2C)cc1OC. The monoisotopic (exact) mass is 431 g/mol. The Morgan fingerprint density at radius 1 is 1.17 bits per heavy atom. The van der Waals surface area contributed by atoms with Crippen molar-refractivity contribution in [2.45, 2.75) is 13.8 Å². The Bertz CT molecular complexity index is 1150. The fraction of sp³-hybridized carbons (Fsp3) is 0.200. The fourth-order valence-corrected chi connectivity index (χ4v) is 3.69. The molecule has 10 heteroatoms. The molecule has 0 spiro atoms. The molecule has 0 unspecified atom stereocenters. The molecule has 0 aliphatic heterocycles. The number of thiazole rings is 1. The van der Waals surface area contributed by atoms with Crippen molar-refractivity contribution in [3.05, 3.63) is 62.3 Å². The molecule has 1 heterocycles. The van der Waals surface area contributed by atoms with Gasteiger partial charge in [-0.05, 0) is 38.1 Å². The van der Waals surface area contributed by atoms with Crippen LogP contribution in [0.5, 0.6) is 11.5 Å². The number of nitro benzene ring substituents is 1. The average molecular weight is 431 g/mol. The van der Waals surface area contributed by atoms with Crippen LogP contribution in [-0.4, -0.2) is 30.0 Å². The summed E-state index contributed by atoms with van der Waals surface area (Å²) in [7, 11) is 3.07. The topological polar surface area (TPSA) is 104 Å². The van der Waals surface area contributed by atoms with Crippen molar-refractivity contribution in [1.82, 2.24) is 4.98 Å². The summed E-state index contributed by atoms with van der Waals surface area (Å²) >= 11 is 1.23. The first kappa shape index (κ1) is 21.2. The van der Waals surface area contributed by atoms with Gasteiger partial charge in [0, 0.05) is 22.1 Å². The Hall–Kier alpha value is -3.53. The molecule has 1 aromatic heterocycles. The van der Waals surface area contributed by atoms with E-state index in [-0.39, 0.29) is 16.3 Å². The number of rotatable bonds is 6. The van der Waals surface area contributed by atoms with E-state index in [1.54, 1.807) is 12.1 Å². The number of carbonyl (C=O) groups excluding carboxylic acids is 1. The maximum absolute atomic E-state index is 14.0. The number of nitrogens with one attached hydrogen (secondary N) is 1. The quantitative estimate of drug-likeness (QED) is 0.446. The van der Waals surface area contributed by atoms with Crippen LogP contribution in [0.25, 0.3) is 11.3 Å². The number of hydrogen-bond donors (Lipinski definition) is 1. The molecule has 8 nitrogen and oxygen atoms in total. The summed E-state index contributed by atoms with van der Waals surface area (Å²) in [5.74, 6) is -0.402. The van der Waals surface area contributed by atoms with Crippen LogP contribution in [0.1, 0.15) is 20.8 Å². The highest BCUT2D eigenvalue weighted by Gasteiger charge is 2.21. The molecular weight excluding hydrogens is 413 g/mol. The molecule has 1 N–H and O–H groups in total. The highest BCUT2D eigenvalue weighted by Crippen LogP contribution is 2.36. The predicted molar refractivity (Wildman–Crippen MR) is 111 cm³/mol. The molecular formula is C20H18FN3O5S. The number of aryl methyl sites for hydroxylation is 1. The minimum atomic E-state index is -0.823. The van der Waals surface area contributed by atoms with Gasteiger partial charge < -0.3 is 9.47 Å². The molecule has 0 saturated carbocycles. The molecule has 2 aromatic carbocycles. The zero-order valence-corrected chi connectivity index (χ0v) is 17.4. The molecule has 3 rings (SSSR count). The van der Waals surface area contributed by atoms with E-state index in [1.807, 2.05) is 13.0 Å². The Morgan fingerprint density at radius 3 is 2.50 bits per heavy atom. The van der Waals surface area contributed by atoms with Gasteiger partial charge in [0.2, 0.25) is 0 Å². The maximum Gasteiger partial charge on any atom is 0.276 e. The van der Waals surface area contributed by atoms with Crippen molar-refractivity contribution in [3.63, 3.8) is 0 Å². The number of nitro groups is 1. The van der Waals surface area contributed by atoms with Crippen LogP contribution >= 0.6 is 11.3 Å².